The molecule has 84 valence electrons. The van der Waals surface area contributed by atoms with Gasteiger partial charge in [0.1, 0.15) is 0 Å². The highest BCUT2D eigenvalue weighted by atomic mass is 16.1. The predicted octanol–water partition coefficient (Wildman–Crippen LogP) is 2.40. The van der Waals surface area contributed by atoms with E-state index in [0.29, 0.717) is 12.3 Å². The SMILES string of the molecule is Cc1n[nH]c(C)c1NC(=O)CCC(C)C. The molecule has 1 aromatic rings. The summed E-state index contributed by atoms with van der Waals surface area (Å²) in [4.78, 5) is 11.6. The molecule has 0 radical (unpaired) electrons. The lowest BCUT2D eigenvalue weighted by Crippen LogP contribution is -2.13. The van der Waals surface area contributed by atoms with Gasteiger partial charge in [0.25, 0.3) is 0 Å². The van der Waals surface area contributed by atoms with Gasteiger partial charge < -0.3 is 5.32 Å². The zero-order chi connectivity index (χ0) is 11.4. The van der Waals surface area contributed by atoms with Crippen LogP contribution in [0.5, 0.6) is 0 Å². The van der Waals surface area contributed by atoms with Gasteiger partial charge >= 0.3 is 0 Å². The minimum absolute atomic E-state index is 0.0660. The molecule has 0 saturated heterocycles. The number of nitrogens with zero attached hydrogens (tertiary/aromatic N) is 1. The van der Waals surface area contributed by atoms with Crippen LogP contribution in [0.3, 0.4) is 0 Å². The molecule has 0 spiro atoms. The second-order valence-corrected chi connectivity index (χ2v) is 4.29. The summed E-state index contributed by atoms with van der Waals surface area (Å²) < 4.78 is 0. The van der Waals surface area contributed by atoms with Crippen molar-refractivity contribution in [2.24, 2.45) is 5.92 Å². The minimum atomic E-state index is 0.0660. The Hall–Kier alpha value is -1.32. The summed E-state index contributed by atoms with van der Waals surface area (Å²) in [6, 6.07) is 0. The lowest BCUT2D eigenvalue weighted by atomic mass is 10.1. The van der Waals surface area contributed by atoms with Crippen molar-refractivity contribution in [3.63, 3.8) is 0 Å². The third-order valence-corrected chi connectivity index (χ3v) is 2.34. The first kappa shape index (κ1) is 11.8. The van der Waals surface area contributed by atoms with Gasteiger partial charge in [0.2, 0.25) is 5.91 Å². The smallest absolute Gasteiger partial charge is 0.224 e. The van der Waals surface area contributed by atoms with Crippen LogP contribution in [0.2, 0.25) is 0 Å². The van der Waals surface area contributed by atoms with E-state index >= 15 is 0 Å². The van der Waals surface area contributed by atoms with Gasteiger partial charge in [-0.15, -0.1) is 0 Å². The van der Waals surface area contributed by atoms with Gasteiger partial charge in [0.15, 0.2) is 0 Å². The van der Waals surface area contributed by atoms with E-state index in [1.807, 2.05) is 13.8 Å². The number of H-pyrrole nitrogens is 1. The van der Waals surface area contributed by atoms with Crippen molar-refractivity contribution in [2.75, 3.05) is 5.32 Å². The number of aromatic amines is 1. The van der Waals surface area contributed by atoms with E-state index in [-0.39, 0.29) is 5.91 Å². The normalized spacial score (nSPS) is 10.7. The Balaban J connectivity index is 2.51. The summed E-state index contributed by atoms with van der Waals surface area (Å²) in [6.07, 6.45) is 1.49. The molecular weight excluding hydrogens is 190 g/mol. The fourth-order valence-electron chi connectivity index (χ4n) is 1.36. The molecule has 0 aliphatic carbocycles. The molecule has 0 atom stereocenters. The summed E-state index contributed by atoms with van der Waals surface area (Å²) in [6.45, 7) is 8.00. The van der Waals surface area contributed by atoms with Crippen molar-refractivity contribution < 1.29 is 4.79 Å². The number of rotatable bonds is 4. The molecule has 1 heterocycles. The van der Waals surface area contributed by atoms with Gasteiger partial charge in [-0.1, -0.05) is 13.8 Å². The van der Waals surface area contributed by atoms with Gasteiger partial charge in [-0.2, -0.15) is 5.10 Å². The van der Waals surface area contributed by atoms with Crippen LogP contribution >= 0.6 is 0 Å². The van der Waals surface area contributed by atoms with E-state index < -0.39 is 0 Å². The summed E-state index contributed by atoms with van der Waals surface area (Å²) in [5.41, 5.74) is 2.57. The Morgan fingerprint density at radius 3 is 2.60 bits per heavy atom. The second-order valence-electron chi connectivity index (χ2n) is 4.29. The van der Waals surface area contributed by atoms with E-state index in [0.717, 1.165) is 23.5 Å². The molecule has 0 aliphatic rings. The van der Waals surface area contributed by atoms with Crippen LogP contribution in [0.4, 0.5) is 5.69 Å². The summed E-state index contributed by atoms with van der Waals surface area (Å²) in [5.74, 6) is 0.624. The molecule has 1 amide bonds. The van der Waals surface area contributed by atoms with Crippen LogP contribution < -0.4 is 5.32 Å². The van der Waals surface area contributed by atoms with Crippen molar-refractivity contribution in [2.45, 2.75) is 40.5 Å². The molecule has 0 aliphatic heterocycles. The molecule has 0 fully saturated rings. The molecule has 0 unspecified atom stereocenters. The molecule has 0 aromatic carbocycles. The molecule has 15 heavy (non-hydrogen) atoms. The number of anilines is 1. The van der Waals surface area contributed by atoms with Crippen LogP contribution in [0.15, 0.2) is 0 Å². The Bertz CT molecular complexity index is 322. The standard InChI is InChI=1S/C11H19N3O/c1-7(2)5-6-10(15)12-11-8(3)13-14-9(11)4/h7H,5-6H2,1-4H3,(H,12,15)(H,13,14). The molecule has 0 bridgehead atoms. The summed E-state index contributed by atoms with van der Waals surface area (Å²) in [7, 11) is 0. The quantitative estimate of drug-likeness (QED) is 0.800. The monoisotopic (exact) mass is 209 g/mol. The number of hydrogen-bond donors (Lipinski definition) is 2. The average Bonchev–Trinajstić information content (AvgIpc) is 2.46. The highest BCUT2D eigenvalue weighted by molar-refractivity contribution is 5.91. The van der Waals surface area contributed by atoms with E-state index in [1.54, 1.807) is 0 Å². The maximum absolute atomic E-state index is 11.6. The van der Waals surface area contributed by atoms with Gasteiger partial charge in [0.05, 0.1) is 17.1 Å². The zero-order valence-corrected chi connectivity index (χ0v) is 9.85. The molecule has 2 N–H and O–H groups in total. The van der Waals surface area contributed by atoms with E-state index in [2.05, 4.69) is 29.4 Å². The topological polar surface area (TPSA) is 57.8 Å². The molecule has 0 saturated carbocycles. The Kier molecular flexibility index (Phi) is 3.88. The van der Waals surface area contributed by atoms with E-state index in [1.165, 1.54) is 0 Å². The van der Waals surface area contributed by atoms with Crippen LogP contribution in [0.1, 0.15) is 38.1 Å². The highest BCUT2D eigenvalue weighted by Gasteiger charge is 2.10. The number of hydrogen-bond acceptors (Lipinski definition) is 2. The molecule has 1 aromatic heterocycles. The van der Waals surface area contributed by atoms with Crippen LogP contribution in [0.25, 0.3) is 0 Å². The minimum Gasteiger partial charge on any atom is -0.323 e. The van der Waals surface area contributed by atoms with Crippen molar-refractivity contribution >= 4 is 11.6 Å². The maximum Gasteiger partial charge on any atom is 0.224 e. The highest BCUT2D eigenvalue weighted by Crippen LogP contribution is 2.16. The van der Waals surface area contributed by atoms with Gasteiger partial charge in [-0.25, -0.2) is 0 Å². The first-order valence-corrected chi connectivity index (χ1v) is 5.32. The number of carbonyl (C=O) groups is 1. The van der Waals surface area contributed by atoms with E-state index in [4.69, 9.17) is 0 Å². The maximum atomic E-state index is 11.6. The van der Waals surface area contributed by atoms with Crippen molar-refractivity contribution in [1.29, 1.82) is 0 Å². The van der Waals surface area contributed by atoms with Crippen LogP contribution in [-0.2, 0) is 4.79 Å². The number of nitrogens with one attached hydrogen (secondary N) is 2. The number of aromatic nitrogens is 2. The fraction of sp³-hybridized carbons (Fsp3) is 0.636. The van der Waals surface area contributed by atoms with Crippen molar-refractivity contribution in [3.05, 3.63) is 11.4 Å². The summed E-state index contributed by atoms with van der Waals surface area (Å²) >= 11 is 0. The third kappa shape index (κ3) is 3.38. The first-order valence-electron chi connectivity index (χ1n) is 5.32. The van der Waals surface area contributed by atoms with Gasteiger partial charge in [-0.3, -0.25) is 9.89 Å². The Morgan fingerprint density at radius 1 is 1.47 bits per heavy atom. The van der Waals surface area contributed by atoms with Crippen molar-refractivity contribution in [1.82, 2.24) is 10.2 Å². The number of amides is 1. The van der Waals surface area contributed by atoms with Crippen LogP contribution in [0, 0.1) is 19.8 Å². The average molecular weight is 209 g/mol. The zero-order valence-electron chi connectivity index (χ0n) is 9.85. The fourth-order valence-corrected chi connectivity index (χ4v) is 1.36. The molecular formula is C11H19N3O. The van der Waals surface area contributed by atoms with Crippen LogP contribution in [-0.4, -0.2) is 16.1 Å². The number of carbonyl (C=O) groups excluding carboxylic acids is 1. The van der Waals surface area contributed by atoms with Gasteiger partial charge in [0, 0.05) is 6.42 Å². The molecule has 1 rings (SSSR count). The summed E-state index contributed by atoms with van der Waals surface area (Å²) in [5, 5.41) is 9.75. The molecule has 4 heteroatoms. The first-order chi connectivity index (χ1) is 7.00. The predicted molar refractivity (Wildman–Crippen MR) is 60.8 cm³/mol. The van der Waals surface area contributed by atoms with Crippen molar-refractivity contribution in [3.8, 4) is 0 Å². The second kappa shape index (κ2) is 4.96. The lowest BCUT2D eigenvalue weighted by molar-refractivity contribution is -0.116. The van der Waals surface area contributed by atoms with E-state index in [9.17, 15) is 4.79 Å². The Labute approximate surface area is 90.5 Å². The van der Waals surface area contributed by atoms with Gasteiger partial charge in [-0.05, 0) is 26.2 Å². The lowest BCUT2D eigenvalue weighted by Gasteiger charge is -2.06. The largest absolute Gasteiger partial charge is 0.323 e. The Morgan fingerprint density at radius 2 is 2.13 bits per heavy atom. The third-order valence-electron chi connectivity index (χ3n) is 2.34. The number of aryl methyl sites for hydroxylation is 2. The molecule has 4 nitrogen and oxygen atoms in total.